The standard InChI is InChI=1S/C60H96N2.Pd/c1-5-9-13-16-19-21-23-25-27-29-31-33-35-37-40-47-55-49-43-45-52-57(55)61-59(51-12-8-4)60(54-42-39-18-15-11-7-3)62-58-53-46-44-50-56(58)48-41-38-36-34-32-30-28-26-24-22-20-17-14-10-6-2;/h43-46,49-50,52-53H,5-34,39-42,47-48,51,54H2,1-4H3;/b61-59-,62-60+;. The molecule has 0 saturated heterocycles. The molecule has 0 radical (unpaired) electrons. The van der Waals surface area contributed by atoms with E-state index in [1.54, 1.807) is 0 Å². The molecule has 0 bridgehead atoms. The van der Waals surface area contributed by atoms with Gasteiger partial charge in [-0.1, -0.05) is 231 Å². The summed E-state index contributed by atoms with van der Waals surface area (Å²) >= 11 is 0. The van der Waals surface area contributed by atoms with Crippen molar-refractivity contribution in [3.63, 3.8) is 0 Å². The van der Waals surface area contributed by atoms with E-state index in [9.17, 15) is 0 Å². The Hall–Kier alpha value is -2.44. The van der Waals surface area contributed by atoms with Crippen LogP contribution in [0.25, 0.3) is 0 Å². The molecule has 0 saturated carbocycles. The molecule has 2 aromatic carbocycles. The molecule has 0 aliphatic heterocycles. The number of nitrogens with zero attached hydrogens (tertiary/aromatic N) is 2. The van der Waals surface area contributed by atoms with E-state index in [2.05, 4.69) is 99.9 Å². The van der Waals surface area contributed by atoms with Gasteiger partial charge in [-0.05, 0) is 74.6 Å². The fourth-order valence-corrected chi connectivity index (χ4v) is 8.40. The summed E-state index contributed by atoms with van der Waals surface area (Å²) in [6.45, 7) is 9.19. The molecule has 0 spiro atoms. The summed E-state index contributed by atoms with van der Waals surface area (Å²) in [6.07, 6.45) is 48.0. The Bertz CT molecular complexity index is 1530. The Labute approximate surface area is 406 Å². The van der Waals surface area contributed by atoms with E-state index >= 15 is 0 Å². The van der Waals surface area contributed by atoms with Gasteiger partial charge in [-0.15, -0.1) is 23.7 Å². The number of hydrogen-bond donors (Lipinski definition) is 0. The molecule has 3 heteroatoms. The van der Waals surface area contributed by atoms with Gasteiger partial charge in [0.15, 0.2) is 0 Å². The van der Waals surface area contributed by atoms with Gasteiger partial charge in [-0.2, -0.15) is 0 Å². The third-order valence-electron chi connectivity index (χ3n) is 12.5. The van der Waals surface area contributed by atoms with E-state index in [1.165, 1.54) is 196 Å². The molecule has 0 atom stereocenters. The van der Waals surface area contributed by atoms with Crippen LogP contribution in [-0.4, -0.2) is 11.4 Å². The van der Waals surface area contributed by atoms with Crippen molar-refractivity contribution in [1.82, 2.24) is 0 Å². The Morgan fingerprint density at radius 2 is 0.619 bits per heavy atom. The summed E-state index contributed by atoms with van der Waals surface area (Å²) in [5.41, 5.74) is 7.17. The first-order chi connectivity index (χ1) is 30.7. The van der Waals surface area contributed by atoms with Crippen molar-refractivity contribution in [2.24, 2.45) is 9.98 Å². The van der Waals surface area contributed by atoms with Crippen LogP contribution >= 0.6 is 0 Å². The first kappa shape index (κ1) is 58.6. The molecule has 356 valence electrons. The Balaban J connectivity index is 0.0000198. The molecule has 0 N–H and O–H groups in total. The van der Waals surface area contributed by atoms with Crippen molar-refractivity contribution >= 4 is 22.8 Å². The number of unbranched alkanes of at least 4 members (excludes halogenated alkanes) is 28. The molecule has 2 rings (SSSR count). The summed E-state index contributed by atoms with van der Waals surface area (Å²) in [5, 5.41) is 0. The van der Waals surface area contributed by atoms with Crippen molar-refractivity contribution in [3.8, 4) is 23.7 Å². The minimum atomic E-state index is 0. The third-order valence-corrected chi connectivity index (χ3v) is 12.5. The van der Waals surface area contributed by atoms with Crippen molar-refractivity contribution in [2.75, 3.05) is 0 Å². The maximum Gasteiger partial charge on any atom is 0.0666 e. The van der Waals surface area contributed by atoms with Crippen LogP contribution < -0.4 is 0 Å². The normalized spacial score (nSPS) is 11.5. The average Bonchev–Trinajstić information content (AvgIpc) is 3.29. The van der Waals surface area contributed by atoms with Gasteiger partial charge < -0.3 is 0 Å². The minimum absolute atomic E-state index is 0. The molecular weight excluding hydrogens is 855 g/mol. The average molecular weight is 952 g/mol. The second-order valence-electron chi connectivity index (χ2n) is 18.3. The Morgan fingerprint density at radius 3 is 0.984 bits per heavy atom. The molecule has 2 aromatic rings. The van der Waals surface area contributed by atoms with Crippen molar-refractivity contribution in [2.45, 2.75) is 272 Å². The number of para-hydroxylation sites is 2. The van der Waals surface area contributed by atoms with E-state index in [0.717, 1.165) is 82.0 Å². The van der Waals surface area contributed by atoms with Crippen LogP contribution in [0.15, 0.2) is 58.5 Å². The summed E-state index contributed by atoms with van der Waals surface area (Å²) in [6, 6.07) is 17.6. The van der Waals surface area contributed by atoms with Gasteiger partial charge in [-0.3, -0.25) is 9.98 Å². The van der Waals surface area contributed by atoms with Crippen LogP contribution in [0.5, 0.6) is 0 Å². The predicted molar refractivity (Wildman–Crippen MR) is 279 cm³/mol. The molecular formula is C60H96N2Pd. The first-order valence-corrected chi connectivity index (χ1v) is 27.0. The SMILES string of the molecule is CCCCCCCCCCCCCC#CCCc1ccccc1/N=C(CCCC)\C(CCCCCCCC)=N\c1ccccc1CCC#CCCCCCCCCCCCCC.[Pd]. The fraction of sp³-hybridized carbons (Fsp3) is 0.700. The number of aryl methyl sites for hydroxylation is 2. The zero-order chi connectivity index (χ0) is 44.2. The third kappa shape index (κ3) is 32.8. The Morgan fingerprint density at radius 1 is 0.333 bits per heavy atom. The topological polar surface area (TPSA) is 24.7 Å². The number of benzene rings is 2. The number of hydrogen-bond acceptors (Lipinski definition) is 2. The summed E-state index contributed by atoms with van der Waals surface area (Å²) in [5.74, 6) is 14.0. The summed E-state index contributed by atoms with van der Waals surface area (Å²) in [7, 11) is 0. The van der Waals surface area contributed by atoms with Gasteiger partial charge in [0.2, 0.25) is 0 Å². The molecule has 0 unspecified atom stereocenters. The quantitative estimate of drug-likeness (QED) is 0.0276. The maximum atomic E-state index is 5.52. The van der Waals surface area contributed by atoms with Gasteiger partial charge in [0.25, 0.3) is 0 Å². The maximum absolute atomic E-state index is 5.52. The molecule has 0 aromatic heterocycles. The van der Waals surface area contributed by atoms with Crippen LogP contribution in [-0.2, 0) is 33.3 Å². The molecule has 0 aliphatic rings. The van der Waals surface area contributed by atoms with E-state index in [1.807, 2.05) is 0 Å². The van der Waals surface area contributed by atoms with Crippen molar-refractivity contribution < 1.29 is 20.4 Å². The smallest absolute Gasteiger partial charge is 0.0666 e. The Kier molecular flexibility index (Phi) is 41.6. The van der Waals surface area contributed by atoms with E-state index in [4.69, 9.17) is 9.98 Å². The fourth-order valence-electron chi connectivity index (χ4n) is 8.40. The summed E-state index contributed by atoms with van der Waals surface area (Å²) < 4.78 is 0. The van der Waals surface area contributed by atoms with Gasteiger partial charge >= 0.3 is 0 Å². The van der Waals surface area contributed by atoms with Crippen LogP contribution in [0.1, 0.15) is 270 Å². The first-order valence-electron chi connectivity index (χ1n) is 27.0. The second-order valence-corrected chi connectivity index (χ2v) is 18.3. The zero-order valence-corrected chi connectivity index (χ0v) is 43.3. The minimum Gasteiger partial charge on any atom is -0.251 e. The van der Waals surface area contributed by atoms with Gasteiger partial charge in [0.05, 0.1) is 22.8 Å². The van der Waals surface area contributed by atoms with Crippen LogP contribution in [0.3, 0.4) is 0 Å². The zero-order valence-electron chi connectivity index (χ0n) is 41.7. The molecule has 0 heterocycles. The molecule has 0 fully saturated rings. The molecule has 2 nitrogen and oxygen atoms in total. The number of rotatable bonds is 39. The summed E-state index contributed by atoms with van der Waals surface area (Å²) in [4.78, 5) is 11.0. The second kappa shape index (κ2) is 44.8. The number of aliphatic imine (C=N–C) groups is 2. The van der Waals surface area contributed by atoms with Gasteiger partial charge in [-0.25, -0.2) is 0 Å². The van der Waals surface area contributed by atoms with Crippen LogP contribution in [0, 0.1) is 23.7 Å². The predicted octanol–water partition coefficient (Wildman–Crippen LogP) is 19.7. The van der Waals surface area contributed by atoms with E-state index in [0.29, 0.717) is 0 Å². The van der Waals surface area contributed by atoms with Gasteiger partial charge in [0, 0.05) is 46.1 Å². The van der Waals surface area contributed by atoms with Crippen molar-refractivity contribution in [1.29, 1.82) is 0 Å². The van der Waals surface area contributed by atoms with E-state index < -0.39 is 0 Å². The van der Waals surface area contributed by atoms with Gasteiger partial charge in [0.1, 0.15) is 0 Å². The molecule has 63 heavy (non-hydrogen) atoms. The van der Waals surface area contributed by atoms with Crippen LogP contribution in [0.4, 0.5) is 11.4 Å². The largest absolute Gasteiger partial charge is 0.251 e. The molecule has 0 amide bonds. The van der Waals surface area contributed by atoms with Crippen LogP contribution in [0.2, 0.25) is 0 Å². The van der Waals surface area contributed by atoms with Crippen molar-refractivity contribution in [3.05, 3.63) is 59.7 Å². The monoisotopic (exact) mass is 951 g/mol. The molecule has 0 aliphatic carbocycles. The van der Waals surface area contributed by atoms with E-state index in [-0.39, 0.29) is 20.4 Å².